The lowest BCUT2D eigenvalue weighted by Gasteiger charge is -2.32. The number of ether oxygens (including phenoxy) is 4. The van der Waals surface area contributed by atoms with E-state index in [1.165, 1.54) is 0 Å². The van der Waals surface area contributed by atoms with E-state index >= 15 is 0 Å². The SMILES string of the molecule is C=CCOc1nc(OCC=C)nc(OCC2CN(C(=O)c3ccc4nc(C)[nH]c4c3)CCO2)n1. The van der Waals surface area contributed by atoms with Gasteiger partial charge in [0, 0.05) is 12.1 Å². The standard InChI is InChI=1S/C23H26N6O5/c1-4-9-32-21-26-22(33-10-5-2)28-23(27-21)34-14-17-13-29(8-11-31-17)20(30)16-6-7-18-19(12-16)25-15(3)24-18/h4-7,12,17H,1-2,8-11,13-14H2,3H3,(H,24,25). The number of nitrogens with zero attached hydrogens (tertiary/aromatic N) is 5. The van der Waals surface area contributed by atoms with Crippen LogP contribution in [0.5, 0.6) is 18.0 Å². The third kappa shape index (κ3) is 5.67. The Bertz CT molecular complexity index is 1150. The molecule has 11 nitrogen and oxygen atoms in total. The van der Waals surface area contributed by atoms with Crippen molar-refractivity contribution in [2.75, 3.05) is 39.5 Å². The number of aryl methyl sites for hydroxylation is 1. The van der Waals surface area contributed by atoms with E-state index in [9.17, 15) is 4.79 Å². The predicted octanol–water partition coefficient (Wildman–Crippen LogP) is 2.11. The van der Waals surface area contributed by atoms with Crippen molar-refractivity contribution in [3.63, 3.8) is 0 Å². The van der Waals surface area contributed by atoms with Crippen LogP contribution in [0.4, 0.5) is 0 Å². The van der Waals surface area contributed by atoms with Crippen molar-refractivity contribution < 1.29 is 23.7 Å². The summed E-state index contributed by atoms with van der Waals surface area (Å²) in [5.41, 5.74) is 2.24. The highest BCUT2D eigenvalue weighted by atomic mass is 16.6. The monoisotopic (exact) mass is 466 g/mol. The second-order valence-corrected chi connectivity index (χ2v) is 7.49. The van der Waals surface area contributed by atoms with Crippen LogP contribution < -0.4 is 14.2 Å². The first kappa shape index (κ1) is 23.2. The second kappa shape index (κ2) is 10.8. The zero-order valence-corrected chi connectivity index (χ0v) is 18.9. The Morgan fingerprint density at radius 2 is 1.79 bits per heavy atom. The number of hydrogen-bond donors (Lipinski definition) is 1. The summed E-state index contributed by atoms with van der Waals surface area (Å²) in [6, 6.07) is 5.57. The van der Waals surface area contributed by atoms with Crippen LogP contribution in [0.1, 0.15) is 16.2 Å². The van der Waals surface area contributed by atoms with Crippen LogP contribution in [-0.4, -0.2) is 81.3 Å². The topological polar surface area (TPSA) is 125 Å². The average Bonchev–Trinajstić information content (AvgIpc) is 3.24. The van der Waals surface area contributed by atoms with Gasteiger partial charge in [-0.05, 0) is 25.1 Å². The highest BCUT2D eigenvalue weighted by molar-refractivity contribution is 5.97. The number of rotatable bonds is 10. The molecule has 1 amide bonds. The highest BCUT2D eigenvalue weighted by Crippen LogP contribution is 2.18. The van der Waals surface area contributed by atoms with Crippen LogP contribution in [0.2, 0.25) is 0 Å². The van der Waals surface area contributed by atoms with E-state index in [2.05, 4.69) is 38.1 Å². The largest absolute Gasteiger partial charge is 0.460 e. The molecule has 0 bridgehead atoms. The minimum absolute atomic E-state index is 0.0280. The molecule has 1 fully saturated rings. The lowest BCUT2D eigenvalue weighted by Crippen LogP contribution is -2.47. The number of imidazole rings is 1. The number of fused-ring (bicyclic) bond motifs is 1. The van der Waals surface area contributed by atoms with Gasteiger partial charge in [-0.25, -0.2) is 4.98 Å². The zero-order valence-electron chi connectivity index (χ0n) is 18.9. The molecule has 0 saturated carbocycles. The molecule has 178 valence electrons. The Morgan fingerprint density at radius 3 is 2.47 bits per heavy atom. The second-order valence-electron chi connectivity index (χ2n) is 7.49. The van der Waals surface area contributed by atoms with Crippen molar-refractivity contribution in [3.05, 3.63) is 54.9 Å². The number of aromatic nitrogens is 5. The fourth-order valence-corrected chi connectivity index (χ4v) is 3.41. The Labute approximate surface area is 196 Å². The van der Waals surface area contributed by atoms with Crippen LogP contribution in [0.15, 0.2) is 43.5 Å². The fraction of sp³-hybridized carbons (Fsp3) is 0.348. The number of H-pyrrole nitrogens is 1. The summed E-state index contributed by atoms with van der Waals surface area (Å²) in [7, 11) is 0. The van der Waals surface area contributed by atoms with Crippen LogP contribution in [0.3, 0.4) is 0 Å². The van der Waals surface area contributed by atoms with Crippen molar-refractivity contribution >= 4 is 16.9 Å². The van der Waals surface area contributed by atoms with Gasteiger partial charge in [-0.2, -0.15) is 0 Å². The van der Waals surface area contributed by atoms with Gasteiger partial charge in [0.05, 0.1) is 24.2 Å². The van der Waals surface area contributed by atoms with E-state index in [0.717, 1.165) is 16.9 Å². The summed E-state index contributed by atoms with van der Waals surface area (Å²) in [4.78, 5) is 34.7. The molecule has 0 radical (unpaired) electrons. The van der Waals surface area contributed by atoms with E-state index < -0.39 is 0 Å². The van der Waals surface area contributed by atoms with Crippen molar-refractivity contribution in [1.29, 1.82) is 0 Å². The number of hydrogen-bond acceptors (Lipinski definition) is 9. The number of carbonyl (C=O) groups excluding carboxylic acids is 1. The molecule has 34 heavy (non-hydrogen) atoms. The molecule has 2 aromatic heterocycles. The first-order chi connectivity index (χ1) is 16.6. The van der Waals surface area contributed by atoms with E-state index in [1.54, 1.807) is 23.1 Å². The van der Waals surface area contributed by atoms with Gasteiger partial charge in [0.1, 0.15) is 31.7 Å². The quantitative estimate of drug-likeness (QED) is 0.447. The average molecular weight is 466 g/mol. The highest BCUT2D eigenvalue weighted by Gasteiger charge is 2.26. The van der Waals surface area contributed by atoms with Gasteiger partial charge in [-0.1, -0.05) is 25.3 Å². The molecular weight excluding hydrogens is 440 g/mol. The maximum Gasteiger partial charge on any atom is 0.326 e. The van der Waals surface area contributed by atoms with Crippen molar-refractivity contribution in [2.45, 2.75) is 13.0 Å². The summed E-state index contributed by atoms with van der Waals surface area (Å²) < 4.78 is 22.3. The molecule has 0 aliphatic carbocycles. The Kier molecular flexibility index (Phi) is 7.33. The Hall–Kier alpha value is -3.99. The third-order valence-electron chi connectivity index (χ3n) is 4.91. The van der Waals surface area contributed by atoms with Gasteiger partial charge >= 0.3 is 18.0 Å². The molecule has 1 aromatic carbocycles. The van der Waals surface area contributed by atoms with E-state index in [1.807, 2.05) is 19.1 Å². The van der Waals surface area contributed by atoms with E-state index in [0.29, 0.717) is 25.3 Å². The lowest BCUT2D eigenvalue weighted by atomic mass is 10.1. The minimum atomic E-state index is -0.359. The minimum Gasteiger partial charge on any atom is -0.460 e. The molecule has 11 heteroatoms. The van der Waals surface area contributed by atoms with Crippen LogP contribution in [0.25, 0.3) is 11.0 Å². The van der Waals surface area contributed by atoms with Crippen LogP contribution in [0, 0.1) is 6.92 Å². The molecule has 1 aliphatic heterocycles. The summed E-state index contributed by atoms with van der Waals surface area (Å²) in [5.74, 6) is 0.723. The van der Waals surface area contributed by atoms with Crippen molar-refractivity contribution in [2.24, 2.45) is 0 Å². The predicted molar refractivity (Wildman–Crippen MR) is 123 cm³/mol. The normalized spacial score (nSPS) is 15.7. The molecule has 1 unspecified atom stereocenters. The summed E-state index contributed by atoms with van der Waals surface area (Å²) in [6.45, 7) is 10.9. The number of benzene rings is 1. The summed E-state index contributed by atoms with van der Waals surface area (Å²) >= 11 is 0. The molecule has 1 N–H and O–H groups in total. The number of aromatic amines is 1. The van der Waals surface area contributed by atoms with Gasteiger partial charge < -0.3 is 28.8 Å². The lowest BCUT2D eigenvalue weighted by molar-refractivity contribution is -0.0415. The first-order valence-corrected chi connectivity index (χ1v) is 10.8. The van der Waals surface area contributed by atoms with Gasteiger partial charge in [-0.15, -0.1) is 15.0 Å². The molecule has 1 aliphatic rings. The Morgan fingerprint density at radius 1 is 1.12 bits per heavy atom. The Balaban J connectivity index is 1.39. The van der Waals surface area contributed by atoms with Gasteiger partial charge in [0.2, 0.25) is 0 Å². The van der Waals surface area contributed by atoms with Crippen molar-refractivity contribution in [1.82, 2.24) is 29.8 Å². The number of amides is 1. The molecule has 1 saturated heterocycles. The molecule has 3 aromatic rings. The van der Waals surface area contributed by atoms with Crippen molar-refractivity contribution in [3.8, 4) is 18.0 Å². The van der Waals surface area contributed by atoms with Gasteiger partial charge in [0.15, 0.2) is 0 Å². The van der Waals surface area contributed by atoms with Gasteiger partial charge in [-0.3, -0.25) is 4.79 Å². The molecule has 1 atom stereocenters. The molecule has 4 rings (SSSR count). The number of carbonyl (C=O) groups is 1. The number of nitrogens with one attached hydrogen (secondary N) is 1. The molecule has 3 heterocycles. The maximum absolute atomic E-state index is 13.1. The fourth-order valence-electron chi connectivity index (χ4n) is 3.41. The van der Waals surface area contributed by atoms with Crippen LogP contribution in [-0.2, 0) is 4.74 Å². The molecule has 0 spiro atoms. The summed E-state index contributed by atoms with van der Waals surface area (Å²) in [6.07, 6.45) is 2.78. The maximum atomic E-state index is 13.1. The van der Waals surface area contributed by atoms with Gasteiger partial charge in [0.25, 0.3) is 5.91 Å². The summed E-state index contributed by atoms with van der Waals surface area (Å²) in [5, 5.41) is 0. The van der Waals surface area contributed by atoms with E-state index in [4.69, 9.17) is 18.9 Å². The smallest absolute Gasteiger partial charge is 0.326 e. The zero-order chi connectivity index (χ0) is 23.9. The number of morpholine rings is 1. The first-order valence-electron chi connectivity index (χ1n) is 10.8. The molecular formula is C23H26N6O5. The van der Waals surface area contributed by atoms with Crippen LogP contribution >= 0.6 is 0 Å². The third-order valence-corrected chi connectivity index (χ3v) is 4.91. The van der Waals surface area contributed by atoms with E-state index in [-0.39, 0.29) is 49.9 Å².